The van der Waals surface area contributed by atoms with Crippen LogP contribution in [0, 0.1) is 17.0 Å². The van der Waals surface area contributed by atoms with Crippen LogP contribution in [0.4, 0.5) is 5.69 Å². The molecule has 1 unspecified atom stereocenters. The fourth-order valence-electron chi connectivity index (χ4n) is 5.23. The molecule has 0 radical (unpaired) electrons. The second-order valence-electron chi connectivity index (χ2n) is 8.99. The first-order valence-electron chi connectivity index (χ1n) is 11.3. The number of carbonyl (C=O) groups excluding carboxylic acids is 2. The standard InChI is InChI=1S/C25H29N3O4/c1-18-16-19(11-12-21(18)28(31)32)24(30)27-15-7-10-22(27)23(29)26-17-25(13-5-6-14-25)20-8-3-2-4-9-20/h2-4,8-9,11-12,16,22H,5-7,10,13-15,17H2,1H3,(H,26,29). The predicted molar refractivity (Wildman–Crippen MR) is 121 cm³/mol. The number of nitrogens with zero attached hydrogens (tertiary/aromatic N) is 2. The lowest BCUT2D eigenvalue weighted by Gasteiger charge is -2.31. The van der Waals surface area contributed by atoms with E-state index in [2.05, 4.69) is 17.4 Å². The van der Waals surface area contributed by atoms with Crippen molar-refractivity contribution in [1.29, 1.82) is 0 Å². The second-order valence-corrected chi connectivity index (χ2v) is 8.99. The smallest absolute Gasteiger partial charge is 0.272 e. The number of amides is 2. The zero-order chi connectivity index (χ0) is 22.7. The molecule has 32 heavy (non-hydrogen) atoms. The minimum Gasteiger partial charge on any atom is -0.353 e. The Labute approximate surface area is 188 Å². The average Bonchev–Trinajstić information content (AvgIpc) is 3.48. The summed E-state index contributed by atoms with van der Waals surface area (Å²) < 4.78 is 0. The molecule has 2 aliphatic rings. The number of nitro groups is 1. The Hall–Kier alpha value is -3.22. The van der Waals surface area contributed by atoms with Crippen molar-refractivity contribution in [3.05, 3.63) is 75.3 Å². The van der Waals surface area contributed by atoms with E-state index in [4.69, 9.17) is 0 Å². The summed E-state index contributed by atoms with van der Waals surface area (Å²) in [6.45, 7) is 2.70. The highest BCUT2D eigenvalue weighted by Crippen LogP contribution is 2.40. The van der Waals surface area contributed by atoms with E-state index in [0.29, 0.717) is 30.6 Å². The van der Waals surface area contributed by atoms with Gasteiger partial charge in [-0.25, -0.2) is 0 Å². The van der Waals surface area contributed by atoms with Crippen LogP contribution in [-0.2, 0) is 10.2 Å². The third kappa shape index (κ3) is 4.24. The molecule has 0 bridgehead atoms. The van der Waals surface area contributed by atoms with Gasteiger partial charge in [-0.05, 0) is 50.3 Å². The number of rotatable bonds is 6. The maximum absolute atomic E-state index is 13.1. The van der Waals surface area contributed by atoms with Crippen LogP contribution >= 0.6 is 0 Å². The maximum Gasteiger partial charge on any atom is 0.272 e. The number of nitrogens with one attached hydrogen (secondary N) is 1. The summed E-state index contributed by atoms with van der Waals surface area (Å²) in [5.41, 5.74) is 2.02. The van der Waals surface area contributed by atoms with E-state index >= 15 is 0 Å². The predicted octanol–water partition coefficient (Wildman–Crippen LogP) is 4.14. The zero-order valence-electron chi connectivity index (χ0n) is 18.4. The molecule has 2 amide bonds. The van der Waals surface area contributed by atoms with Gasteiger partial charge in [0.25, 0.3) is 11.6 Å². The van der Waals surface area contributed by atoms with Gasteiger partial charge in [-0.3, -0.25) is 19.7 Å². The van der Waals surface area contributed by atoms with Gasteiger partial charge in [0.15, 0.2) is 0 Å². The molecule has 1 atom stereocenters. The van der Waals surface area contributed by atoms with E-state index in [0.717, 1.165) is 32.1 Å². The Morgan fingerprint density at radius 1 is 1.12 bits per heavy atom. The van der Waals surface area contributed by atoms with Crippen LogP contribution in [0.1, 0.15) is 60.0 Å². The second kappa shape index (κ2) is 9.10. The minimum absolute atomic E-state index is 0.0139. The van der Waals surface area contributed by atoms with Crippen molar-refractivity contribution in [3.8, 4) is 0 Å². The summed E-state index contributed by atoms with van der Waals surface area (Å²) in [6.07, 6.45) is 5.79. The quantitative estimate of drug-likeness (QED) is 0.545. The fraction of sp³-hybridized carbons (Fsp3) is 0.440. The minimum atomic E-state index is -0.507. The summed E-state index contributed by atoms with van der Waals surface area (Å²) >= 11 is 0. The SMILES string of the molecule is Cc1cc(C(=O)N2CCCC2C(=O)NCC2(c3ccccc3)CCCC2)ccc1[N+](=O)[O-]. The van der Waals surface area contributed by atoms with Gasteiger partial charge in [-0.15, -0.1) is 0 Å². The molecule has 7 heteroatoms. The van der Waals surface area contributed by atoms with Crippen molar-refractivity contribution < 1.29 is 14.5 Å². The summed E-state index contributed by atoms with van der Waals surface area (Å²) in [6, 6.07) is 14.2. The molecule has 0 aromatic heterocycles. The molecular formula is C25H29N3O4. The van der Waals surface area contributed by atoms with E-state index in [1.807, 2.05) is 18.2 Å². The van der Waals surface area contributed by atoms with E-state index < -0.39 is 11.0 Å². The van der Waals surface area contributed by atoms with Gasteiger partial charge in [0.2, 0.25) is 5.91 Å². The lowest BCUT2D eigenvalue weighted by molar-refractivity contribution is -0.385. The normalized spacial score (nSPS) is 19.7. The molecule has 1 aliphatic carbocycles. The van der Waals surface area contributed by atoms with Crippen molar-refractivity contribution in [1.82, 2.24) is 10.2 Å². The lowest BCUT2D eigenvalue weighted by atomic mass is 9.79. The molecule has 2 fully saturated rings. The number of hydrogen-bond donors (Lipinski definition) is 1. The van der Waals surface area contributed by atoms with Crippen molar-refractivity contribution in [2.24, 2.45) is 0 Å². The van der Waals surface area contributed by atoms with E-state index in [1.54, 1.807) is 11.8 Å². The maximum atomic E-state index is 13.1. The summed E-state index contributed by atoms with van der Waals surface area (Å²) in [4.78, 5) is 38.5. The summed E-state index contributed by atoms with van der Waals surface area (Å²) in [5, 5.41) is 14.2. The van der Waals surface area contributed by atoms with Gasteiger partial charge in [0.05, 0.1) is 4.92 Å². The van der Waals surface area contributed by atoms with Crippen LogP contribution < -0.4 is 5.32 Å². The van der Waals surface area contributed by atoms with Crippen LogP contribution in [0.25, 0.3) is 0 Å². The van der Waals surface area contributed by atoms with E-state index in [-0.39, 0.29) is 22.9 Å². The van der Waals surface area contributed by atoms with Crippen molar-refractivity contribution in [3.63, 3.8) is 0 Å². The van der Waals surface area contributed by atoms with Crippen molar-refractivity contribution in [2.75, 3.05) is 13.1 Å². The topological polar surface area (TPSA) is 92.6 Å². The molecule has 1 N–H and O–H groups in total. The van der Waals surface area contributed by atoms with Crippen molar-refractivity contribution in [2.45, 2.75) is 56.9 Å². The Morgan fingerprint density at radius 3 is 2.50 bits per heavy atom. The molecule has 1 aliphatic heterocycles. The number of benzene rings is 2. The van der Waals surface area contributed by atoms with Crippen LogP contribution in [0.15, 0.2) is 48.5 Å². The van der Waals surface area contributed by atoms with Crippen molar-refractivity contribution >= 4 is 17.5 Å². The largest absolute Gasteiger partial charge is 0.353 e. The first kappa shape index (κ1) is 22.0. The van der Waals surface area contributed by atoms with Gasteiger partial charge < -0.3 is 10.2 Å². The summed E-state index contributed by atoms with van der Waals surface area (Å²) in [5.74, 6) is -0.365. The van der Waals surface area contributed by atoms with Gasteiger partial charge in [0.1, 0.15) is 6.04 Å². The first-order chi connectivity index (χ1) is 15.4. The zero-order valence-corrected chi connectivity index (χ0v) is 18.4. The Bertz CT molecular complexity index is 1020. The molecular weight excluding hydrogens is 406 g/mol. The highest BCUT2D eigenvalue weighted by molar-refractivity contribution is 5.98. The molecule has 2 aromatic carbocycles. The molecule has 1 heterocycles. The number of aryl methyl sites for hydroxylation is 1. The fourth-order valence-corrected chi connectivity index (χ4v) is 5.23. The number of likely N-dealkylation sites (tertiary alicyclic amines) is 1. The van der Waals surface area contributed by atoms with Crippen LogP contribution in [0.3, 0.4) is 0 Å². The van der Waals surface area contributed by atoms with Gasteiger partial charge in [-0.2, -0.15) is 0 Å². The Kier molecular flexibility index (Phi) is 6.26. The molecule has 0 spiro atoms. The monoisotopic (exact) mass is 435 g/mol. The van der Waals surface area contributed by atoms with Gasteiger partial charge in [-0.1, -0.05) is 43.2 Å². The first-order valence-corrected chi connectivity index (χ1v) is 11.3. The highest BCUT2D eigenvalue weighted by atomic mass is 16.6. The number of nitro benzene ring substituents is 1. The average molecular weight is 436 g/mol. The van der Waals surface area contributed by atoms with E-state index in [1.165, 1.54) is 23.8 Å². The molecule has 2 aromatic rings. The number of carbonyl (C=O) groups is 2. The third-order valence-electron chi connectivity index (χ3n) is 7.00. The molecule has 1 saturated heterocycles. The lowest BCUT2D eigenvalue weighted by Crippen LogP contribution is -2.49. The molecule has 168 valence electrons. The Morgan fingerprint density at radius 2 is 1.84 bits per heavy atom. The third-order valence-corrected chi connectivity index (χ3v) is 7.00. The van der Waals surface area contributed by atoms with Crippen LogP contribution in [0.5, 0.6) is 0 Å². The number of hydrogen-bond acceptors (Lipinski definition) is 4. The van der Waals surface area contributed by atoms with E-state index in [9.17, 15) is 19.7 Å². The molecule has 7 nitrogen and oxygen atoms in total. The van der Waals surface area contributed by atoms with Crippen LogP contribution in [-0.4, -0.2) is 40.8 Å². The molecule has 1 saturated carbocycles. The molecule has 4 rings (SSSR count). The summed E-state index contributed by atoms with van der Waals surface area (Å²) in [7, 11) is 0. The van der Waals surface area contributed by atoms with Gasteiger partial charge in [0, 0.05) is 35.7 Å². The highest BCUT2D eigenvalue weighted by Gasteiger charge is 2.39. The van der Waals surface area contributed by atoms with Crippen LogP contribution in [0.2, 0.25) is 0 Å². The Balaban J connectivity index is 1.46. The van der Waals surface area contributed by atoms with Gasteiger partial charge >= 0.3 is 0 Å².